The van der Waals surface area contributed by atoms with Crippen molar-refractivity contribution in [1.29, 1.82) is 5.26 Å². The Balaban J connectivity index is 1.94. The number of carboxylic acids is 1. The second-order valence-corrected chi connectivity index (χ2v) is 10.4. The predicted octanol–water partition coefficient (Wildman–Crippen LogP) is 6.35. The summed E-state index contributed by atoms with van der Waals surface area (Å²) in [5, 5.41) is 26.5. The molecule has 0 aliphatic heterocycles. The van der Waals surface area contributed by atoms with Crippen LogP contribution in [0.1, 0.15) is 62.3 Å². The van der Waals surface area contributed by atoms with Crippen molar-refractivity contribution >= 4 is 27.8 Å². The molecule has 1 saturated carbocycles. The fourth-order valence-electron chi connectivity index (χ4n) is 5.65. The Hall–Kier alpha value is -3.80. The minimum atomic E-state index is -2.42. The molecule has 186 valence electrons. The van der Waals surface area contributed by atoms with Crippen LogP contribution in [0.15, 0.2) is 30.5 Å². The molecule has 1 aliphatic carbocycles. The van der Waals surface area contributed by atoms with Crippen LogP contribution >= 0.6 is 0 Å². The molecule has 0 spiro atoms. The molecule has 6 nitrogen and oxygen atoms in total. The number of carboxylic acid groups (broad SMARTS) is 1. The molecule has 2 aromatic heterocycles. The largest absolute Gasteiger partial charge is 0.479 e. The van der Waals surface area contributed by atoms with Crippen molar-refractivity contribution < 1.29 is 23.1 Å². The summed E-state index contributed by atoms with van der Waals surface area (Å²) in [5.41, 5.74) is -0.564. The highest BCUT2D eigenvalue weighted by atomic mass is 19.1. The van der Waals surface area contributed by atoms with Gasteiger partial charge in [-0.1, -0.05) is 13.8 Å². The van der Waals surface area contributed by atoms with Gasteiger partial charge in [0.1, 0.15) is 11.3 Å². The summed E-state index contributed by atoms with van der Waals surface area (Å²) in [6.07, 6.45) is 1.28. The van der Waals surface area contributed by atoms with E-state index in [4.69, 9.17) is 0 Å². The Kier molecular flexibility index (Phi) is 5.39. The highest BCUT2D eigenvalue weighted by Crippen LogP contribution is 2.51. The number of benzene rings is 2. The van der Waals surface area contributed by atoms with E-state index in [0.29, 0.717) is 33.4 Å². The van der Waals surface area contributed by atoms with Crippen molar-refractivity contribution in [2.75, 3.05) is 0 Å². The van der Waals surface area contributed by atoms with Crippen LogP contribution in [0.2, 0.25) is 0 Å². The third-order valence-electron chi connectivity index (χ3n) is 7.46. The molecular weight excluding hydrogens is 469 g/mol. The van der Waals surface area contributed by atoms with Crippen LogP contribution in [0.3, 0.4) is 0 Å². The molecule has 2 aromatic carbocycles. The fourth-order valence-corrected chi connectivity index (χ4v) is 5.65. The van der Waals surface area contributed by atoms with Gasteiger partial charge in [0.2, 0.25) is 5.67 Å². The van der Waals surface area contributed by atoms with Crippen LogP contribution in [0, 0.1) is 29.9 Å². The molecule has 0 bridgehead atoms. The Morgan fingerprint density at radius 2 is 2.11 bits per heavy atom. The number of aromatic amines is 1. The van der Waals surface area contributed by atoms with Gasteiger partial charge in [0.05, 0.1) is 17.8 Å². The van der Waals surface area contributed by atoms with Crippen LogP contribution < -0.4 is 0 Å². The summed E-state index contributed by atoms with van der Waals surface area (Å²) in [6, 6.07) is 8.52. The molecule has 2 atom stereocenters. The van der Waals surface area contributed by atoms with Crippen LogP contribution in [-0.4, -0.2) is 31.5 Å². The zero-order chi connectivity index (χ0) is 26.0. The van der Waals surface area contributed by atoms with Crippen LogP contribution in [-0.2, 0) is 10.2 Å². The summed E-state index contributed by atoms with van der Waals surface area (Å²) in [6.45, 7) is 5.32. The number of hydrogen-bond acceptors (Lipinski definition) is 3. The Labute approximate surface area is 205 Å². The zero-order valence-electron chi connectivity index (χ0n) is 20.1. The van der Waals surface area contributed by atoms with E-state index in [-0.39, 0.29) is 36.6 Å². The molecule has 2 heterocycles. The Bertz CT molecular complexity index is 1580. The molecule has 2 N–H and O–H groups in total. The standard InChI is InChI=1S/C27H25F3N4O2/c1-14-10-17(4-5-18(14)28)34-19-11-16-13-32-33-23(16)22(29)21(19)20(24(34)26(2,3)8-9-31)15-6-7-27(30,12-15)25(35)36/h4-5,10-11,13,15H,6-8,12H2,1-3H3,(H,32,33)(H,35,36)/t15-,27+/m1/s1. The maximum atomic E-state index is 16.2. The van der Waals surface area contributed by atoms with Gasteiger partial charge in [-0.3, -0.25) is 5.10 Å². The molecule has 1 aliphatic rings. The number of rotatable bonds is 5. The minimum absolute atomic E-state index is 0.0734. The maximum Gasteiger partial charge on any atom is 0.341 e. The Morgan fingerprint density at radius 1 is 1.36 bits per heavy atom. The number of halogens is 3. The van der Waals surface area contributed by atoms with Crippen molar-refractivity contribution in [3.8, 4) is 11.8 Å². The number of nitriles is 1. The summed E-state index contributed by atoms with van der Waals surface area (Å²) in [4.78, 5) is 11.7. The van der Waals surface area contributed by atoms with Gasteiger partial charge in [-0.25, -0.2) is 18.0 Å². The lowest BCUT2D eigenvalue weighted by molar-refractivity contribution is -0.150. The molecule has 5 rings (SSSR count). The molecule has 36 heavy (non-hydrogen) atoms. The first-order valence-corrected chi connectivity index (χ1v) is 11.7. The van der Waals surface area contributed by atoms with E-state index in [1.54, 1.807) is 25.1 Å². The normalized spacial score (nSPS) is 20.3. The van der Waals surface area contributed by atoms with Gasteiger partial charge < -0.3 is 9.67 Å². The molecule has 0 amide bonds. The third kappa shape index (κ3) is 3.47. The van der Waals surface area contributed by atoms with E-state index < -0.39 is 34.6 Å². The van der Waals surface area contributed by atoms with Gasteiger partial charge in [0.15, 0.2) is 5.82 Å². The van der Waals surface area contributed by atoms with Crippen molar-refractivity contribution in [2.24, 2.45) is 0 Å². The highest BCUT2D eigenvalue weighted by molar-refractivity contribution is 6.00. The van der Waals surface area contributed by atoms with Gasteiger partial charge in [-0.2, -0.15) is 10.4 Å². The quantitative estimate of drug-likeness (QED) is 0.338. The number of nitrogens with zero attached hydrogens (tertiary/aromatic N) is 3. The molecule has 0 unspecified atom stereocenters. The van der Waals surface area contributed by atoms with Crippen molar-refractivity contribution in [1.82, 2.24) is 14.8 Å². The lowest BCUT2D eigenvalue weighted by Crippen LogP contribution is -2.30. The number of aromatic nitrogens is 3. The summed E-state index contributed by atoms with van der Waals surface area (Å²) in [5.74, 6) is -3.10. The van der Waals surface area contributed by atoms with E-state index in [9.17, 15) is 19.6 Å². The maximum absolute atomic E-state index is 16.2. The molecule has 0 radical (unpaired) electrons. The summed E-state index contributed by atoms with van der Waals surface area (Å²) >= 11 is 0. The number of alkyl halides is 1. The van der Waals surface area contributed by atoms with Crippen molar-refractivity contribution in [3.05, 3.63) is 58.9 Å². The van der Waals surface area contributed by atoms with Gasteiger partial charge in [0, 0.05) is 34.0 Å². The first-order chi connectivity index (χ1) is 17.0. The monoisotopic (exact) mass is 494 g/mol. The van der Waals surface area contributed by atoms with E-state index in [2.05, 4.69) is 16.3 Å². The minimum Gasteiger partial charge on any atom is -0.479 e. The summed E-state index contributed by atoms with van der Waals surface area (Å²) < 4.78 is 47.5. The van der Waals surface area contributed by atoms with Gasteiger partial charge >= 0.3 is 5.97 Å². The second-order valence-electron chi connectivity index (χ2n) is 10.4. The van der Waals surface area contributed by atoms with Gasteiger partial charge in [-0.05, 0) is 67.5 Å². The molecule has 9 heteroatoms. The number of carbonyl (C=O) groups is 1. The summed E-state index contributed by atoms with van der Waals surface area (Å²) in [7, 11) is 0. The van der Waals surface area contributed by atoms with Gasteiger partial charge in [0.25, 0.3) is 0 Å². The topological polar surface area (TPSA) is 94.7 Å². The van der Waals surface area contributed by atoms with E-state index in [1.807, 2.05) is 18.4 Å². The number of H-pyrrole nitrogens is 1. The number of hydrogen-bond donors (Lipinski definition) is 2. The molecule has 4 aromatic rings. The molecule has 0 saturated heterocycles. The average molecular weight is 495 g/mol. The van der Waals surface area contributed by atoms with Crippen LogP contribution in [0.5, 0.6) is 0 Å². The first kappa shape index (κ1) is 23.9. The van der Waals surface area contributed by atoms with Crippen LogP contribution in [0.4, 0.5) is 13.2 Å². The van der Waals surface area contributed by atoms with Crippen molar-refractivity contribution in [3.63, 3.8) is 0 Å². The van der Waals surface area contributed by atoms with E-state index in [1.165, 1.54) is 12.3 Å². The highest BCUT2D eigenvalue weighted by Gasteiger charge is 2.49. The fraction of sp³-hybridized carbons (Fsp3) is 0.370. The predicted molar refractivity (Wildman–Crippen MR) is 129 cm³/mol. The van der Waals surface area contributed by atoms with Crippen molar-refractivity contribution in [2.45, 2.75) is 63.5 Å². The first-order valence-electron chi connectivity index (χ1n) is 11.7. The SMILES string of the molecule is Cc1cc(-n2c(C(C)(C)CC#N)c([C@@H]3CC[C@@](F)(C(=O)O)C3)c3c(F)c4[nH]ncc4cc32)ccc1F. The Morgan fingerprint density at radius 3 is 2.75 bits per heavy atom. The van der Waals surface area contributed by atoms with E-state index in [0.717, 1.165) is 0 Å². The smallest absolute Gasteiger partial charge is 0.341 e. The number of aryl methyl sites for hydroxylation is 1. The molecule has 1 fully saturated rings. The average Bonchev–Trinajstić information content (AvgIpc) is 3.52. The van der Waals surface area contributed by atoms with Gasteiger partial charge in [-0.15, -0.1) is 0 Å². The van der Waals surface area contributed by atoms with Crippen LogP contribution in [0.25, 0.3) is 27.5 Å². The van der Waals surface area contributed by atoms with E-state index >= 15 is 8.78 Å². The number of nitrogens with one attached hydrogen (secondary N) is 1. The second kappa shape index (κ2) is 8.12. The molecular formula is C27H25F3N4O2. The number of fused-ring (bicyclic) bond motifs is 2. The number of aliphatic carboxylic acids is 1. The zero-order valence-corrected chi connectivity index (χ0v) is 20.1. The lowest BCUT2D eigenvalue weighted by Gasteiger charge is -2.28. The third-order valence-corrected chi connectivity index (χ3v) is 7.46. The lowest BCUT2D eigenvalue weighted by atomic mass is 9.79.